The Morgan fingerprint density at radius 1 is 1.10 bits per heavy atom. The molecule has 2 aromatic carbocycles. The van der Waals surface area contributed by atoms with Crippen LogP contribution < -0.4 is 20.1 Å². The third-order valence-electron chi connectivity index (χ3n) is 4.38. The quantitative estimate of drug-likeness (QED) is 0.559. The number of pyridine rings is 1. The fourth-order valence-electron chi connectivity index (χ4n) is 2.90. The summed E-state index contributed by atoms with van der Waals surface area (Å²) in [6.45, 7) is 1.92. The lowest BCUT2D eigenvalue weighted by Gasteiger charge is -2.10. The number of anilines is 2. The minimum Gasteiger partial charge on any atom is -0.454 e. The molecule has 7 nitrogen and oxygen atoms in total. The predicted molar refractivity (Wildman–Crippen MR) is 115 cm³/mol. The van der Waals surface area contributed by atoms with E-state index >= 15 is 0 Å². The van der Waals surface area contributed by atoms with Crippen molar-refractivity contribution >= 4 is 35.0 Å². The third kappa shape index (κ3) is 4.95. The Morgan fingerprint density at radius 2 is 1.94 bits per heavy atom. The molecule has 1 aromatic heterocycles. The Labute approximate surface area is 182 Å². The van der Waals surface area contributed by atoms with Gasteiger partial charge in [0.1, 0.15) is 10.8 Å². The van der Waals surface area contributed by atoms with Crippen LogP contribution in [0.4, 0.5) is 15.8 Å². The highest BCUT2D eigenvalue weighted by Crippen LogP contribution is 2.34. The van der Waals surface area contributed by atoms with Crippen LogP contribution in [0.3, 0.4) is 0 Å². The number of hydrogen-bond acceptors (Lipinski definition) is 6. The predicted octanol–water partition coefficient (Wildman–Crippen LogP) is 4.24. The van der Waals surface area contributed by atoms with Gasteiger partial charge in [0.05, 0.1) is 17.0 Å². The van der Waals surface area contributed by atoms with Crippen LogP contribution in [0.15, 0.2) is 59.8 Å². The molecule has 2 heterocycles. The standard InChI is InChI=1S/C22H18FN3O4S/c1-13-4-6-17(16(23)9-13)26-21(28)15-3-2-8-24-22(15)31-11-20(27)25-14-5-7-18-19(10-14)30-12-29-18/h2-10H,11-12H2,1H3,(H,25,27)(H,26,28). The van der Waals surface area contributed by atoms with Crippen molar-refractivity contribution in [1.82, 2.24) is 4.98 Å². The van der Waals surface area contributed by atoms with Gasteiger partial charge < -0.3 is 20.1 Å². The Bertz CT molecular complexity index is 1160. The molecule has 0 atom stereocenters. The number of ether oxygens (including phenoxy) is 2. The molecule has 2 amide bonds. The van der Waals surface area contributed by atoms with Gasteiger partial charge in [-0.1, -0.05) is 17.8 Å². The second-order valence-corrected chi connectivity index (χ2v) is 7.66. The molecule has 0 saturated carbocycles. The Morgan fingerprint density at radius 3 is 2.77 bits per heavy atom. The van der Waals surface area contributed by atoms with Gasteiger partial charge >= 0.3 is 0 Å². The number of amides is 2. The number of carbonyl (C=O) groups is 2. The van der Waals surface area contributed by atoms with E-state index < -0.39 is 11.7 Å². The van der Waals surface area contributed by atoms with Crippen LogP contribution in [-0.4, -0.2) is 29.3 Å². The van der Waals surface area contributed by atoms with E-state index in [0.717, 1.165) is 17.3 Å². The molecule has 158 valence electrons. The molecule has 0 unspecified atom stereocenters. The molecule has 3 aromatic rings. The summed E-state index contributed by atoms with van der Waals surface area (Å²) >= 11 is 1.11. The molecular formula is C22H18FN3O4S. The minimum atomic E-state index is -0.519. The first-order valence-corrected chi connectivity index (χ1v) is 10.3. The van der Waals surface area contributed by atoms with Gasteiger partial charge in [0.2, 0.25) is 12.7 Å². The Balaban J connectivity index is 1.40. The molecule has 0 saturated heterocycles. The van der Waals surface area contributed by atoms with Gasteiger partial charge in [-0.2, -0.15) is 0 Å². The number of benzene rings is 2. The lowest BCUT2D eigenvalue weighted by Crippen LogP contribution is -2.17. The zero-order chi connectivity index (χ0) is 21.8. The molecule has 0 aliphatic carbocycles. The summed E-state index contributed by atoms with van der Waals surface area (Å²) in [5.74, 6) is -0.0708. The summed E-state index contributed by atoms with van der Waals surface area (Å²) in [6, 6.07) is 12.9. The van der Waals surface area contributed by atoms with Crippen LogP contribution in [0.1, 0.15) is 15.9 Å². The van der Waals surface area contributed by atoms with Crippen LogP contribution in [0.25, 0.3) is 0 Å². The van der Waals surface area contributed by atoms with E-state index in [2.05, 4.69) is 15.6 Å². The normalized spacial score (nSPS) is 11.8. The van der Waals surface area contributed by atoms with E-state index in [0.29, 0.717) is 22.2 Å². The van der Waals surface area contributed by atoms with Gasteiger partial charge in [0.25, 0.3) is 5.91 Å². The van der Waals surface area contributed by atoms with Gasteiger partial charge in [-0.25, -0.2) is 9.37 Å². The summed E-state index contributed by atoms with van der Waals surface area (Å²) < 4.78 is 24.6. The number of thioether (sulfide) groups is 1. The molecular weight excluding hydrogens is 421 g/mol. The smallest absolute Gasteiger partial charge is 0.258 e. The summed E-state index contributed by atoms with van der Waals surface area (Å²) in [4.78, 5) is 29.2. The number of hydrogen-bond donors (Lipinski definition) is 2. The highest BCUT2D eigenvalue weighted by Gasteiger charge is 2.17. The van der Waals surface area contributed by atoms with E-state index in [1.54, 1.807) is 43.3 Å². The number of rotatable bonds is 6. The fourth-order valence-corrected chi connectivity index (χ4v) is 3.69. The first-order valence-electron chi connectivity index (χ1n) is 9.34. The van der Waals surface area contributed by atoms with Crippen molar-refractivity contribution < 1.29 is 23.5 Å². The average Bonchev–Trinajstić information content (AvgIpc) is 3.22. The van der Waals surface area contributed by atoms with E-state index in [1.807, 2.05) is 0 Å². The van der Waals surface area contributed by atoms with Crippen molar-refractivity contribution in [3.63, 3.8) is 0 Å². The van der Waals surface area contributed by atoms with Gasteiger partial charge in [-0.15, -0.1) is 0 Å². The van der Waals surface area contributed by atoms with Gasteiger partial charge in [0.15, 0.2) is 11.5 Å². The topological polar surface area (TPSA) is 89.6 Å². The van der Waals surface area contributed by atoms with Gasteiger partial charge in [-0.05, 0) is 48.9 Å². The number of aromatic nitrogens is 1. The number of nitrogens with zero attached hydrogens (tertiary/aromatic N) is 1. The maximum Gasteiger partial charge on any atom is 0.258 e. The van der Waals surface area contributed by atoms with Crippen LogP contribution in [0.2, 0.25) is 0 Å². The number of carbonyl (C=O) groups excluding carboxylic acids is 2. The van der Waals surface area contributed by atoms with Crippen molar-refractivity contribution in [3.8, 4) is 11.5 Å². The van der Waals surface area contributed by atoms with Crippen LogP contribution in [-0.2, 0) is 4.79 Å². The lowest BCUT2D eigenvalue weighted by atomic mass is 10.2. The Kier molecular flexibility index (Phi) is 6.03. The monoisotopic (exact) mass is 439 g/mol. The highest BCUT2D eigenvalue weighted by atomic mass is 32.2. The summed E-state index contributed by atoms with van der Waals surface area (Å²) in [5, 5.41) is 5.69. The first kappa shape index (κ1) is 20.7. The molecule has 0 spiro atoms. The zero-order valence-electron chi connectivity index (χ0n) is 16.5. The fraction of sp³-hybridized carbons (Fsp3) is 0.136. The molecule has 0 bridgehead atoms. The maximum atomic E-state index is 14.1. The van der Waals surface area contributed by atoms with Crippen LogP contribution >= 0.6 is 11.8 Å². The summed E-state index contributed by atoms with van der Waals surface area (Å²) in [7, 11) is 0. The SMILES string of the molecule is Cc1ccc(NC(=O)c2cccnc2SCC(=O)Nc2ccc3c(c2)OCO3)c(F)c1. The van der Waals surface area contributed by atoms with Gasteiger partial charge in [-0.3, -0.25) is 9.59 Å². The van der Waals surface area contributed by atoms with E-state index in [4.69, 9.17) is 9.47 Å². The summed E-state index contributed by atoms with van der Waals surface area (Å²) in [6.07, 6.45) is 1.53. The van der Waals surface area contributed by atoms with Gasteiger partial charge in [0, 0.05) is 18.0 Å². The first-order chi connectivity index (χ1) is 15.0. The van der Waals surface area contributed by atoms with Crippen LogP contribution in [0, 0.1) is 12.7 Å². The number of halogens is 1. The van der Waals surface area contributed by atoms with Crippen molar-refractivity contribution in [1.29, 1.82) is 0 Å². The zero-order valence-corrected chi connectivity index (χ0v) is 17.3. The van der Waals surface area contributed by atoms with Crippen molar-refractivity contribution in [3.05, 3.63) is 71.7 Å². The molecule has 1 aliphatic heterocycles. The molecule has 0 fully saturated rings. The third-order valence-corrected chi connectivity index (χ3v) is 5.39. The molecule has 0 radical (unpaired) electrons. The van der Waals surface area contributed by atoms with Crippen LogP contribution in [0.5, 0.6) is 11.5 Å². The minimum absolute atomic E-state index is 0.0324. The molecule has 9 heteroatoms. The van der Waals surface area contributed by atoms with E-state index in [-0.39, 0.29) is 29.7 Å². The number of fused-ring (bicyclic) bond motifs is 1. The van der Waals surface area contributed by atoms with Crippen molar-refractivity contribution in [2.75, 3.05) is 23.2 Å². The highest BCUT2D eigenvalue weighted by molar-refractivity contribution is 8.00. The molecule has 31 heavy (non-hydrogen) atoms. The number of nitrogens with one attached hydrogen (secondary N) is 2. The maximum absolute atomic E-state index is 14.1. The second-order valence-electron chi connectivity index (χ2n) is 6.70. The largest absolute Gasteiger partial charge is 0.454 e. The Hall–Kier alpha value is -3.59. The molecule has 2 N–H and O–H groups in total. The van der Waals surface area contributed by atoms with Crippen molar-refractivity contribution in [2.24, 2.45) is 0 Å². The van der Waals surface area contributed by atoms with Crippen molar-refractivity contribution in [2.45, 2.75) is 11.9 Å². The summed E-state index contributed by atoms with van der Waals surface area (Å²) in [5.41, 5.74) is 1.66. The molecule has 1 aliphatic rings. The second kappa shape index (κ2) is 9.05. The number of aryl methyl sites for hydroxylation is 1. The van der Waals surface area contributed by atoms with E-state index in [9.17, 15) is 14.0 Å². The average molecular weight is 439 g/mol. The molecule has 4 rings (SSSR count). The lowest BCUT2D eigenvalue weighted by molar-refractivity contribution is -0.113. The van der Waals surface area contributed by atoms with E-state index in [1.165, 1.54) is 18.3 Å².